The average Bonchev–Trinajstić information content (AvgIpc) is 2.18. The van der Waals surface area contributed by atoms with Crippen LogP contribution in [0.25, 0.3) is 0 Å². The van der Waals surface area contributed by atoms with E-state index in [2.05, 4.69) is 0 Å². The summed E-state index contributed by atoms with van der Waals surface area (Å²) in [4.78, 5) is 10.6. The van der Waals surface area contributed by atoms with E-state index in [1.54, 1.807) is 18.2 Å². The van der Waals surface area contributed by atoms with Crippen molar-refractivity contribution in [2.24, 2.45) is 0 Å². The molecule has 2 rings (SSSR count). The van der Waals surface area contributed by atoms with Crippen LogP contribution in [0.15, 0.2) is 18.2 Å². The standard InChI is InChI=1S/C10H10O4/c11-9(12)6-7-2-1-3-8-10(7)14-5-4-13-8/h1-3H,4-6H2,(H,11,12). The maximum atomic E-state index is 10.6. The summed E-state index contributed by atoms with van der Waals surface area (Å²) in [5, 5.41) is 8.67. The fourth-order valence-electron chi connectivity index (χ4n) is 1.44. The van der Waals surface area contributed by atoms with Crippen molar-refractivity contribution < 1.29 is 19.4 Å². The largest absolute Gasteiger partial charge is 0.486 e. The number of benzene rings is 1. The Morgan fingerprint density at radius 3 is 2.93 bits per heavy atom. The Balaban J connectivity index is 2.35. The fourth-order valence-corrected chi connectivity index (χ4v) is 1.44. The lowest BCUT2D eigenvalue weighted by Crippen LogP contribution is -2.17. The molecule has 0 unspecified atom stereocenters. The van der Waals surface area contributed by atoms with Gasteiger partial charge in [-0.2, -0.15) is 0 Å². The molecule has 1 N–H and O–H groups in total. The molecule has 14 heavy (non-hydrogen) atoms. The molecule has 0 saturated carbocycles. The van der Waals surface area contributed by atoms with Gasteiger partial charge in [0.25, 0.3) is 0 Å². The first-order chi connectivity index (χ1) is 6.77. The monoisotopic (exact) mass is 194 g/mol. The second-order valence-electron chi connectivity index (χ2n) is 3.01. The molecule has 1 aromatic rings. The van der Waals surface area contributed by atoms with E-state index in [9.17, 15) is 4.79 Å². The maximum absolute atomic E-state index is 10.6. The minimum atomic E-state index is -0.868. The molecule has 0 saturated heterocycles. The molecule has 0 spiro atoms. The van der Waals surface area contributed by atoms with Crippen molar-refractivity contribution in [3.8, 4) is 11.5 Å². The number of carboxylic acids is 1. The van der Waals surface area contributed by atoms with Gasteiger partial charge in [0.1, 0.15) is 13.2 Å². The van der Waals surface area contributed by atoms with Gasteiger partial charge in [-0.1, -0.05) is 12.1 Å². The number of hydrogen-bond donors (Lipinski definition) is 1. The summed E-state index contributed by atoms with van der Waals surface area (Å²) in [6, 6.07) is 5.28. The summed E-state index contributed by atoms with van der Waals surface area (Å²) in [5.74, 6) is 0.337. The smallest absolute Gasteiger partial charge is 0.307 e. The molecule has 0 aliphatic carbocycles. The van der Waals surface area contributed by atoms with E-state index in [1.165, 1.54) is 0 Å². The molecule has 1 aromatic carbocycles. The third-order valence-corrected chi connectivity index (χ3v) is 1.99. The molecule has 1 aliphatic rings. The minimum Gasteiger partial charge on any atom is -0.486 e. The molecule has 0 aromatic heterocycles. The second-order valence-corrected chi connectivity index (χ2v) is 3.01. The molecule has 1 aliphatic heterocycles. The Hall–Kier alpha value is -1.71. The van der Waals surface area contributed by atoms with Gasteiger partial charge in [-0.05, 0) is 6.07 Å². The SMILES string of the molecule is O=C(O)Cc1cccc2c1OCCO2. The van der Waals surface area contributed by atoms with E-state index in [1.807, 2.05) is 0 Å². The zero-order valence-electron chi connectivity index (χ0n) is 7.53. The molecule has 0 atom stereocenters. The lowest BCUT2D eigenvalue weighted by molar-refractivity contribution is -0.136. The minimum absolute atomic E-state index is 0.0352. The highest BCUT2D eigenvalue weighted by atomic mass is 16.6. The Morgan fingerprint density at radius 1 is 1.36 bits per heavy atom. The fraction of sp³-hybridized carbons (Fsp3) is 0.300. The summed E-state index contributed by atoms with van der Waals surface area (Å²) < 4.78 is 10.7. The van der Waals surface area contributed by atoms with Crippen molar-refractivity contribution in [1.29, 1.82) is 0 Å². The molecular weight excluding hydrogens is 184 g/mol. The van der Waals surface area contributed by atoms with Crippen LogP contribution in [-0.4, -0.2) is 24.3 Å². The molecular formula is C10H10O4. The van der Waals surface area contributed by atoms with Crippen LogP contribution in [0.1, 0.15) is 5.56 Å². The summed E-state index contributed by atoms with van der Waals surface area (Å²) in [7, 11) is 0. The van der Waals surface area contributed by atoms with Gasteiger partial charge in [-0.3, -0.25) is 4.79 Å². The first kappa shape index (κ1) is 8.87. The van der Waals surface area contributed by atoms with E-state index >= 15 is 0 Å². The van der Waals surface area contributed by atoms with Gasteiger partial charge >= 0.3 is 5.97 Å². The van der Waals surface area contributed by atoms with Crippen molar-refractivity contribution in [3.63, 3.8) is 0 Å². The first-order valence-electron chi connectivity index (χ1n) is 4.36. The number of ether oxygens (including phenoxy) is 2. The van der Waals surface area contributed by atoms with Crippen LogP contribution in [-0.2, 0) is 11.2 Å². The summed E-state index contributed by atoms with van der Waals surface area (Å²) in [5.41, 5.74) is 0.662. The van der Waals surface area contributed by atoms with Gasteiger partial charge in [0.15, 0.2) is 11.5 Å². The van der Waals surface area contributed by atoms with Crippen molar-refractivity contribution >= 4 is 5.97 Å². The highest BCUT2D eigenvalue weighted by molar-refractivity contribution is 5.72. The van der Waals surface area contributed by atoms with Crippen LogP contribution in [0.3, 0.4) is 0 Å². The van der Waals surface area contributed by atoms with Gasteiger partial charge in [0.2, 0.25) is 0 Å². The normalized spacial score (nSPS) is 13.7. The molecule has 0 bridgehead atoms. The van der Waals surface area contributed by atoms with Crippen LogP contribution >= 0.6 is 0 Å². The third-order valence-electron chi connectivity index (χ3n) is 1.99. The zero-order valence-corrected chi connectivity index (χ0v) is 7.53. The number of rotatable bonds is 2. The highest BCUT2D eigenvalue weighted by Gasteiger charge is 2.16. The summed E-state index contributed by atoms with van der Waals surface area (Å²) >= 11 is 0. The predicted octanol–water partition coefficient (Wildman–Crippen LogP) is 1.08. The molecule has 4 nitrogen and oxygen atoms in total. The predicted molar refractivity (Wildman–Crippen MR) is 48.8 cm³/mol. The Kier molecular flexibility index (Phi) is 2.26. The van der Waals surface area contributed by atoms with Crippen molar-refractivity contribution in [1.82, 2.24) is 0 Å². The molecule has 4 heteroatoms. The molecule has 74 valence electrons. The van der Waals surface area contributed by atoms with E-state index in [0.29, 0.717) is 30.3 Å². The lowest BCUT2D eigenvalue weighted by Gasteiger charge is -2.20. The maximum Gasteiger partial charge on any atom is 0.307 e. The summed E-state index contributed by atoms with van der Waals surface area (Å²) in [6.07, 6.45) is -0.0352. The third kappa shape index (κ3) is 1.64. The number of fused-ring (bicyclic) bond motifs is 1. The number of aliphatic carboxylic acids is 1. The van der Waals surface area contributed by atoms with Gasteiger partial charge in [0, 0.05) is 5.56 Å². The van der Waals surface area contributed by atoms with Crippen LogP contribution in [0.4, 0.5) is 0 Å². The van der Waals surface area contributed by atoms with Gasteiger partial charge in [0.05, 0.1) is 6.42 Å². The van der Waals surface area contributed by atoms with E-state index in [0.717, 1.165) is 0 Å². The van der Waals surface area contributed by atoms with E-state index in [4.69, 9.17) is 14.6 Å². The molecule has 1 heterocycles. The quantitative estimate of drug-likeness (QED) is 0.765. The Morgan fingerprint density at radius 2 is 2.14 bits per heavy atom. The number of para-hydroxylation sites is 1. The van der Waals surface area contributed by atoms with Crippen molar-refractivity contribution in [3.05, 3.63) is 23.8 Å². The average molecular weight is 194 g/mol. The number of carboxylic acid groups (broad SMARTS) is 1. The van der Waals surface area contributed by atoms with E-state index < -0.39 is 5.97 Å². The van der Waals surface area contributed by atoms with Gasteiger partial charge in [-0.15, -0.1) is 0 Å². The molecule has 0 amide bonds. The Bertz CT molecular complexity index is 359. The highest BCUT2D eigenvalue weighted by Crippen LogP contribution is 2.33. The topological polar surface area (TPSA) is 55.8 Å². The lowest BCUT2D eigenvalue weighted by atomic mass is 10.1. The molecule has 0 radical (unpaired) electrons. The summed E-state index contributed by atoms with van der Waals surface area (Å²) in [6.45, 7) is 0.993. The van der Waals surface area contributed by atoms with Crippen molar-refractivity contribution in [2.45, 2.75) is 6.42 Å². The molecule has 0 fully saturated rings. The van der Waals surface area contributed by atoms with Gasteiger partial charge < -0.3 is 14.6 Å². The Labute approximate surface area is 81.1 Å². The van der Waals surface area contributed by atoms with Crippen molar-refractivity contribution in [2.75, 3.05) is 13.2 Å². The van der Waals surface area contributed by atoms with E-state index in [-0.39, 0.29) is 6.42 Å². The number of hydrogen-bond acceptors (Lipinski definition) is 3. The second kappa shape index (κ2) is 3.57. The zero-order chi connectivity index (χ0) is 9.97. The van der Waals surface area contributed by atoms with Crippen LogP contribution < -0.4 is 9.47 Å². The number of carbonyl (C=O) groups is 1. The van der Waals surface area contributed by atoms with Crippen LogP contribution in [0.2, 0.25) is 0 Å². The van der Waals surface area contributed by atoms with Gasteiger partial charge in [-0.25, -0.2) is 0 Å². The van der Waals surface area contributed by atoms with Crippen LogP contribution in [0.5, 0.6) is 11.5 Å². The van der Waals surface area contributed by atoms with Crippen LogP contribution in [0, 0.1) is 0 Å². The first-order valence-corrected chi connectivity index (χ1v) is 4.36.